The zero-order valence-electron chi connectivity index (χ0n) is 18.3. The molecular weight excluding hydrogens is 364 g/mol. The van der Waals surface area contributed by atoms with Crippen LogP contribution in [0.2, 0.25) is 0 Å². The largest absolute Gasteiger partial charge is 0.484 e. The lowest BCUT2D eigenvalue weighted by Gasteiger charge is -2.31. The van der Waals surface area contributed by atoms with E-state index in [4.69, 9.17) is 4.74 Å². The summed E-state index contributed by atoms with van der Waals surface area (Å²) in [5, 5.41) is 2.96. The van der Waals surface area contributed by atoms with Crippen LogP contribution in [0.1, 0.15) is 44.4 Å². The van der Waals surface area contributed by atoms with Crippen LogP contribution in [0.3, 0.4) is 0 Å². The number of carbonyl (C=O) groups is 2. The van der Waals surface area contributed by atoms with Crippen LogP contribution in [-0.2, 0) is 16.1 Å². The van der Waals surface area contributed by atoms with Crippen molar-refractivity contribution in [1.29, 1.82) is 0 Å². The topological polar surface area (TPSA) is 58.6 Å². The molecule has 0 radical (unpaired) electrons. The molecule has 2 aromatic carbocycles. The molecule has 5 nitrogen and oxygen atoms in total. The molecule has 0 saturated carbocycles. The van der Waals surface area contributed by atoms with E-state index in [1.165, 1.54) is 0 Å². The minimum absolute atomic E-state index is 0.121. The SMILES string of the molecule is Cc1ccc(CN(C(=O)COc2ccccc2C)C(C)C(=O)NC(C)(C)C)cc1. The van der Waals surface area contributed by atoms with Crippen molar-refractivity contribution in [3.05, 3.63) is 65.2 Å². The highest BCUT2D eigenvalue weighted by Gasteiger charge is 2.28. The summed E-state index contributed by atoms with van der Waals surface area (Å²) in [5.74, 6) is 0.252. The molecule has 1 unspecified atom stereocenters. The molecule has 0 aliphatic heterocycles. The van der Waals surface area contributed by atoms with Gasteiger partial charge in [-0.2, -0.15) is 0 Å². The van der Waals surface area contributed by atoms with E-state index >= 15 is 0 Å². The molecule has 2 rings (SSSR count). The third-order valence-electron chi connectivity index (χ3n) is 4.58. The Morgan fingerprint density at radius 3 is 2.24 bits per heavy atom. The van der Waals surface area contributed by atoms with Crippen molar-refractivity contribution in [2.45, 2.75) is 59.7 Å². The maximum Gasteiger partial charge on any atom is 0.261 e. The number of benzene rings is 2. The van der Waals surface area contributed by atoms with E-state index in [1.54, 1.807) is 11.8 Å². The number of nitrogens with one attached hydrogen (secondary N) is 1. The molecular formula is C24H32N2O3. The lowest BCUT2D eigenvalue weighted by molar-refractivity contribution is -0.142. The molecule has 1 atom stereocenters. The van der Waals surface area contributed by atoms with Crippen LogP contribution in [0, 0.1) is 13.8 Å². The highest BCUT2D eigenvalue weighted by Crippen LogP contribution is 2.17. The first kappa shape index (κ1) is 22.5. The highest BCUT2D eigenvalue weighted by atomic mass is 16.5. The Morgan fingerprint density at radius 1 is 1.03 bits per heavy atom. The number of aryl methyl sites for hydroxylation is 2. The van der Waals surface area contributed by atoms with Gasteiger partial charge in [-0.3, -0.25) is 9.59 Å². The molecule has 0 fully saturated rings. The van der Waals surface area contributed by atoms with Crippen LogP contribution in [0.4, 0.5) is 0 Å². The summed E-state index contributed by atoms with van der Waals surface area (Å²) in [6.07, 6.45) is 0. The quantitative estimate of drug-likeness (QED) is 0.769. The van der Waals surface area contributed by atoms with Gasteiger partial charge in [0.1, 0.15) is 11.8 Å². The standard InChI is InChI=1S/C24H32N2O3/c1-17-11-13-20(14-12-17)15-26(19(3)23(28)25-24(4,5)6)22(27)16-29-21-10-8-7-9-18(21)2/h7-14,19H,15-16H2,1-6H3,(H,25,28). The van der Waals surface area contributed by atoms with E-state index in [9.17, 15) is 9.59 Å². The molecule has 0 bridgehead atoms. The maximum atomic E-state index is 13.0. The number of nitrogens with zero attached hydrogens (tertiary/aromatic N) is 1. The Bertz CT molecular complexity index is 838. The average molecular weight is 397 g/mol. The van der Waals surface area contributed by atoms with Crippen LogP contribution in [-0.4, -0.2) is 34.9 Å². The molecule has 0 spiro atoms. The van der Waals surface area contributed by atoms with Crippen molar-refractivity contribution in [3.63, 3.8) is 0 Å². The fraction of sp³-hybridized carbons (Fsp3) is 0.417. The number of carbonyl (C=O) groups excluding carboxylic acids is 2. The third kappa shape index (κ3) is 6.93. The number of ether oxygens (including phenoxy) is 1. The molecule has 156 valence electrons. The van der Waals surface area contributed by atoms with Crippen LogP contribution in [0.5, 0.6) is 5.75 Å². The van der Waals surface area contributed by atoms with Gasteiger partial charge in [-0.1, -0.05) is 48.0 Å². The normalized spacial score (nSPS) is 12.2. The van der Waals surface area contributed by atoms with Crippen molar-refractivity contribution in [2.24, 2.45) is 0 Å². The first-order valence-corrected chi connectivity index (χ1v) is 9.92. The minimum atomic E-state index is -0.622. The second-order valence-electron chi connectivity index (χ2n) is 8.48. The summed E-state index contributed by atoms with van der Waals surface area (Å²) in [7, 11) is 0. The third-order valence-corrected chi connectivity index (χ3v) is 4.58. The Labute approximate surface area is 174 Å². The predicted molar refractivity (Wildman–Crippen MR) is 116 cm³/mol. The monoisotopic (exact) mass is 396 g/mol. The lowest BCUT2D eigenvalue weighted by atomic mass is 10.1. The van der Waals surface area contributed by atoms with Crippen LogP contribution < -0.4 is 10.1 Å². The summed E-state index contributed by atoms with van der Waals surface area (Å²) in [6.45, 7) is 11.7. The molecule has 1 N–H and O–H groups in total. The van der Waals surface area contributed by atoms with E-state index < -0.39 is 6.04 Å². The summed E-state index contributed by atoms with van der Waals surface area (Å²) >= 11 is 0. The smallest absolute Gasteiger partial charge is 0.261 e. The second kappa shape index (κ2) is 9.59. The van der Waals surface area contributed by atoms with Crippen molar-refractivity contribution in [3.8, 4) is 5.75 Å². The zero-order chi connectivity index (χ0) is 21.6. The number of amides is 2. The molecule has 29 heavy (non-hydrogen) atoms. The summed E-state index contributed by atoms with van der Waals surface area (Å²) in [5.41, 5.74) is 2.70. The fourth-order valence-electron chi connectivity index (χ4n) is 2.89. The summed E-state index contributed by atoms with van der Waals surface area (Å²) < 4.78 is 5.74. The molecule has 2 aromatic rings. The molecule has 0 aliphatic carbocycles. The van der Waals surface area contributed by atoms with Crippen molar-refractivity contribution in [2.75, 3.05) is 6.61 Å². The second-order valence-corrected chi connectivity index (χ2v) is 8.48. The molecule has 0 heterocycles. The maximum absolute atomic E-state index is 13.0. The summed E-state index contributed by atoms with van der Waals surface area (Å²) in [6, 6.07) is 14.9. The highest BCUT2D eigenvalue weighted by molar-refractivity contribution is 5.88. The number of para-hydroxylation sites is 1. The number of hydrogen-bond donors (Lipinski definition) is 1. The van der Waals surface area contributed by atoms with Gasteiger partial charge < -0.3 is 15.0 Å². The van der Waals surface area contributed by atoms with E-state index in [1.807, 2.05) is 83.1 Å². The number of rotatable bonds is 7. The van der Waals surface area contributed by atoms with Gasteiger partial charge in [0.15, 0.2) is 6.61 Å². The average Bonchev–Trinajstić information content (AvgIpc) is 2.64. The van der Waals surface area contributed by atoms with Crippen molar-refractivity contribution >= 4 is 11.8 Å². The van der Waals surface area contributed by atoms with E-state index in [0.29, 0.717) is 12.3 Å². The molecule has 0 aliphatic rings. The number of hydrogen-bond acceptors (Lipinski definition) is 3. The van der Waals surface area contributed by atoms with Crippen LogP contribution in [0.25, 0.3) is 0 Å². The van der Waals surface area contributed by atoms with Gasteiger partial charge in [0.25, 0.3) is 5.91 Å². The molecule has 0 aromatic heterocycles. The molecule has 0 saturated heterocycles. The summed E-state index contributed by atoms with van der Waals surface area (Å²) in [4.78, 5) is 27.3. The van der Waals surface area contributed by atoms with Gasteiger partial charge in [0, 0.05) is 12.1 Å². The zero-order valence-corrected chi connectivity index (χ0v) is 18.3. The van der Waals surface area contributed by atoms with Crippen molar-refractivity contribution < 1.29 is 14.3 Å². The Kier molecular flexibility index (Phi) is 7.43. The van der Waals surface area contributed by atoms with Gasteiger partial charge >= 0.3 is 0 Å². The molecule has 2 amide bonds. The van der Waals surface area contributed by atoms with Crippen molar-refractivity contribution in [1.82, 2.24) is 10.2 Å². The Balaban J connectivity index is 2.18. The van der Waals surface area contributed by atoms with Gasteiger partial charge in [0.05, 0.1) is 0 Å². The van der Waals surface area contributed by atoms with E-state index in [2.05, 4.69) is 5.32 Å². The Morgan fingerprint density at radius 2 is 1.66 bits per heavy atom. The first-order valence-electron chi connectivity index (χ1n) is 9.92. The Hall–Kier alpha value is -2.82. The predicted octanol–water partition coefficient (Wildman–Crippen LogP) is 4.01. The molecule has 5 heteroatoms. The van der Waals surface area contributed by atoms with E-state index in [0.717, 1.165) is 16.7 Å². The van der Waals surface area contributed by atoms with Crippen LogP contribution in [0.15, 0.2) is 48.5 Å². The van der Waals surface area contributed by atoms with Crippen LogP contribution >= 0.6 is 0 Å². The minimum Gasteiger partial charge on any atom is -0.484 e. The van der Waals surface area contributed by atoms with Gasteiger partial charge in [-0.05, 0) is 58.7 Å². The van der Waals surface area contributed by atoms with E-state index in [-0.39, 0.29) is 24.0 Å². The van der Waals surface area contributed by atoms with Gasteiger partial charge in [0.2, 0.25) is 5.91 Å². The van der Waals surface area contributed by atoms with Gasteiger partial charge in [-0.25, -0.2) is 0 Å². The fourth-order valence-corrected chi connectivity index (χ4v) is 2.89. The van der Waals surface area contributed by atoms with Gasteiger partial charge in [-0.15, -0.1) is 0 Å². The first-order chi connectivity index (χ1) is 13.6. The lowest BCUT2D eigenvalue weighted by Crippen LogP contribution is -2.53.